The molecule has 0 aromatic heterocycles. The quantitative estimate of drug-likeness (QED) is 0.899. The number of carbonyl (C=O) groups excluding carboxylic acids is 2. The standard InChI is InChI=1S/C19H27N3O2/c1-2-17(23)21-12-6-10-15(21)16-11-7-13-22(16)18(19(20)24)14-8-4-3-5-9-14/h3-5,8-9,15-16,18H,2,6-7,10-13H2,1H3,(H2,20,24)/t15-,16+,18+/m1/s1. The van der Waals surface area contributed by atoms with Crippen molar-refractivity contribution in [3.8, 4) is 0 Å². The van der Waals surface area contributed by atoms with Crippen molar-refractivity contribution in [1.29, 1.82) is 0 Å². The van der Waals surface area contributed by atoms with Gasteiger partial charge in [0.1, 0.15) is 6.04 Å². The van der Waals surface area contributed by atoms with E-state index in [0.29, 0.717) is 6.42 Å². The normalized spacial score (nSPS) is 25.8. The molecule has 2 amide bonds. The van der Waals surface area contributed by atoms with Crippen molar-refractivity contribution in [2.24, 2.45) is 5.73 Å². The van der Waals surface area contributed by atoms with E-state index < -0.39 is 6.04 Å². The van der Waals surface area contributed by atoms with E-state index >= 15 is 0 Å². The molecular formula is C19H27N3O2. The fraction of sp³-hybridized carbons (Fsp3) is 0.579. The van der Waals surface area contributed by atoms with Crippen LogP contribution in [0.2, 0.25) is 0 Å². The third-order valence-electron chi connectivity index (χ3n) is 5.42. The maximum absolute atomic E-state index is 12.3. The van der Waals surface area contributed by atoms with Crippen LogP contribution in [-0.2, 0) is 9.59 Å². The van der Waals surface area contributed by atoms with E-state index in [9.17, 15) is 9.59 Å². The summed E-state index contributed by atoms with van der Waals surface area (Å²) in [5.41, 5.74) is 6.72. The molecule has 2 aliphatic rings. The highest BCUT2D eigenvalue weighted by Crippen LogP contribution is 2.35. The molecule has 130 valence electrons. The summed E-state index contributed by atoms with van der Waals surface area (Å²) >= 11 is 0. The first-order valence-electron chi connectivity index (χ1n) is 9.03. The number of primary amides is 1. The highest BCUT2D eigenvalue weighted by molar-refractivity contribution is 5.81. The molecule has 3 rings (SSSR count). The second-order valence-electron chi connectivity index (χ2n) is 6.81. The lowest BCUT2D eigenvalue weighted by atomic mass is 9.98. The second-order valence-corrected chi connectivity index (χ2v) is 6.81. The Kier molecular flexibility index (Phi) is 5.19. The van der Waals surface area contributed by atoms with Gasteiger partial charge in [0.15, 0.2) is 0 Å². The number of nitrogens with zero attached hydrogens (tertiary/aromatic N) is 2. The van der Waals surface area contributed by atoms with Crippen LogP contribution in [0.4, 0.5) is 0 Å². The summed E-state index contributed by atoms with van der Waals surface area (Å²) in [5.74, 6) is -0.0841. The van der Waals surface area contributed by atoms with Gasteiger partial charge in [-0.3, -0.25) is 14.5 Å². The number of likely N-dealkylation sites (tertiary alicyclic amines) is 2. The molecule has 1 aromatic carbocycles. The predicted octanol–water partition coefficient (Wildman–Crippen LogP) is 2.08. The zero-order valence-corrected chi connectivity index (χ0v) is 14.4. The Morgan fingerprint density at radius 3 is 2.46 bits per heavy atom. The molecule has 2 N–H and O–H groups in total. The minimum atomic E-state index is -0.405. The van der Waals surface area contributed by atoms with Gasteiger partial charge < -0.3 is 10.6 Å². The van der Waals surface area contributed by atoms with Gasteiger partial charge in [0, 0.05) is 25.0 Å². The fourth-order valence-corrected chi connectivity index (χ4v) is 4.41. The first-order chi connectivity index (χ1) is 11.6. The van der Waals surface area contributed by atoms with Crippen LogP contribution in [0.15, 0.2) is 30.3 Å². The van der Waals surface area contributed by atoms with E-state index in [-0.39, 0.29) is 23.9 Å². The van der Waals surface area contributed by atoms with Gasteiger partial charge in [-0.1, -0.05) is 37.3 Å². The minimum Gasteiger partial charge on any atom is -0.368 e. The van der Waals surface area contributed by atoms with E-state index in [1.54, 1.807) is 0 Å². The lowest BCUT2D eigenvalue weighted by Gasteiger charge is -2.38. The lowest BCUT2D eigenvalue weighted by molar-refractivity contribution is -0.133. The summed E-state index contributed by atoms with van der Waals surface area (Å²) in [6, 6.07) is 9.80. The van der Waals surface area contributed by atoms with E-state index in [1.165, 1.54) is 0 Å². The maximum atomic E-state index is 12.3. The Hall–Kier alpha value is -1.88. The Labute approximate surface area is 143 Å². The van der Waals surface area contributed by atoms with Crippen molar-refractivity contribution in [1.82, 2.24) is 9.80 Å². The first kappa shape index (κ1) is 17.0. The monoisotopic (exact) mass is 329 g/mol. The van der Waals surface area contributed by atoms with Gasteiger partial charge in [-0.15, -0.1) is 0 Å². The van der Waals surface area contributed by atoms with E-state index in [1.807, 2.05) is 42.2 Å². The number of benzene rings is 1. The molecular weight excluding hydrogens is 302 g/mol. The molecule has 2 fully saturated rings. The topological polar surface area (TPSA) is 66.6 Å². The Bertz CT molecular complexity index is 590. The third-order valence-corrected chi connectivity index (χ3v) is 5.42. The van der Waals surface area contributed by atoms with E-state index in [0.717, 1.165) is 44.3 Å². The van der Waals surface area contributed by atoms with E-state index in [2.05, 4.69) is 4.90 Å². The van der Waals surface area contributed by atoms with Gasteiger partial charge in [0.05, 0.1) is 0 Å². The fourth-order valence-electron chi connectivity index (χ4n) is 4.41. The zero-order valence-electron chi connectivity index (χ0n) is 14.4. The number of carbonyl (C=O) groups is 2. The molecule has 2 heterocycles. The van der Waals surface area contributed by atoms with Crippen molar-refractivity contribution < 1.29 is 9.59 Å². The summed E-state index contributed by atoms with van der Waals surface area (Å²) in [4.78, 5) is 28.8. The van der Waals surface area contributed by atoms with Gasteiger partial charge >= 0.3 is 0 Å². The highest BCUT2D eigenvalue weighted by Gasteiger charge is 2.43. The molecule has 1 aromatic rings. The summed E-state index contributed by atoms with van der Waals surface area (Å²) in [7, 11) is 0. The molecule has 5 nitrogen and oxygen atoms in total. The smallest absolute Gasteiger partial charge is 0.239 e. The lowest BCUT2D eigenvalue weighted by Crippen LogP contribution is -2.51. The van der Waals surface area contributed by atoms with Crippen molar-refractivity contribution >= 4 is 11.8 Å². The van der Waals surface area contributed by atoms with Gasteiger partial charge in [0.25, 0.3) is 0 Å². The number of hydrogen-bond donors (Lipinski definition) is 1. The highest BCUT2D eigenvalue weighted by atomic mass is 16.2. The van der Waals surface area contributed by atoms with Crippen molar-refractivity contribution in [2.75, 3.05) is 13.1 Å². The van der Waals surface area contributed by atoms with Crippen molar-refractivity contribution in [3.05, 3.63) is 35.9 Å². The molecule has 0 radical (unpaired) electrons. The Balaban J connectivity index is 1.86. The summed E-state index contributed by atoms with van der Waals surface area (Å²) in [6.45, 7) is 3.62. The third kappa shape index (κ3) is 3.18. The van der Waals surface area contributed by atoms with Gasteiger partial charge in [0.2, 0.25) is 11.8 Å². The van der Waals surface area contributed by atoms with Crippen LogP contribution in [0.3, 0.4) is 0 Å². The number of hydrogen-bond acceptors (Lipinski definition) is 3. The maximum Gasteiger partial charge on any atom is 0.239 e. The molecule has 0 saturated carbocycles. The molecule has 5 heteroatoms. The zero-order chi connectivity index (χ0) is 17.1. The molecule has 0 aliphatic carbocycles. The first-order valence-corrected chi connectivity index (χ1v) is 9.03. The van der Waals surface area contributed by atoms with Crippen LogP contribution >= 0.6 is 0 Å². The summed E-state index contributed by atoms with van der Waals surface area (Å²) in [5, 5.41) is 0. The van der Waals surface area contributed by atoms with Gasteiger partial charge in [-0.05, 0) is 37.8 Å². The largest absolute Gasteiger partial charge is 0.368 e. The van der Waals surface area contributed by atoms with Crippen molar-refractivity contribution in [3.63, 3.8) is 0 Å². The van der Waals surface area contributed by atoms with Gasteiger partial charge in [-0.25, -0.2) is 0 Å². The van der Waals surface area contributed by atoms with Crippen LogP contribution in [0.25, 0.3) is 0 Å². The SMILES string of the molecule is CCC(=O)N1CCC[C@@H]1[C@@H]1CCCN1[C@H](C(N)=O)c1ccccc1. The molecule has 2 saturated heterocycles. The minimum absolute atomic E-state index is 0.213. The summed E-state index contributed by atoms with van der Waals surface area (Å²) < 4.78 is 0. The number of amides is 2. The van der Waals surface area contributed by atoms with Crippen LogP contribution in [0.5, 0.6) is 0 Å². The number of rotatable bonds is 5. The molecule has 24 heavy (non-hydrogen) atoms. The second kappa shape index (κ2) is 7.34. The summed E-state index contributed by atoms with van der Waals surface area (Å²) in [6.07, 6.45) is 4.68. The van der Waals surface area contributed by atoms with E-state index in [4.69, 9.17) is 5.73 Å². The van der Waals surface area contributed by atoms with Crippen LogP contribution < -0.4 is 5.73 Å². The van der Waals surface area contributed by atoms with Crippen LogP contribution in [0.1, 0.15) is 50.6 Å². The average molecular weight is 329 g/mol. The molecule has 3 atom stereocenters. The predicted molar refractivity (Wildman–Crippen MR) is 93.1 cm³/mol. The Morgan fingerprint density at radius 1 is 1.12 bits per heavy atom. The van der Waals surface area contributed by atoms with Crippen LogP contribution in [0, 0.1) is 0 Å². The Morgan fingerprint density at radius 2 is 1.79 bits per heavy atom. The molecule has 2 aliphatic heterocycles. The molecule has 0 spiro atoms. The molecule has 0 bridgehead atoms. The average Bonchev–Trinajstić information content (AvgIpc) is 3.23. The van der Waals surface area contributed by atoms with Gasteiger partial charge in [-0.2, -0.15) is 0 Å². The number of nitrogens with two attached hydrogens (primary N) is 1. The van der Waals surface area contributed by atoms with Crippen molar-refractivity contribution in [2.45, 2.75) is 57.2 Å². The molecule has 0 unspecified atom stereocenters. The van der Waals surface area contributed by atoms with Crippen LogP contribution in [-0.4, -0.2) is 46.8 Å².